The van der Waals surface area contributed by atoms with Crippen LogP contribution in [0.4, 0.5) is 0 Å². The number of carbonyl (C=O) groups is 1. The molecule has 1 amide bonds. The van der Waals surface area contributed by atoms with Crippen molar-refractivity contribution in [1.29, 1.82) is 0 Å². The van der Waals surface area contributed by atoms with Crippen LogP contribution in [0.1, 0.15) is 78.1 Å². The average Bonchev–Trinajstić information content (AvgIpc) is 3.49. The molecule has 1 aliphatic heterocycles. The summed E-state index contributed by atoms with van der Waals surface area (Å²) in [5, 5.41) is 1.48. The second kappa shape index (κ2) is 13.4. The van der Waals surface area contributed by atoms with Gasteiger partial charge in [0.05, 0.1) is 22.1 Å². The first-order valence-corrected chi connectivity index (χ1v) is 16.5. The van der Waals surface area contributed by atoms with Crippen molar-refractivity contribution in [1.82, 2.24) is 19.8 Å². The largest absolute Gasteiger partial charge is 0.340 e. The lowest BCUT2D eigenvalue weighted by molar-refractivity contribution is 0.0668. The predicted molar refractivity (Wildman–Crippen MR) is 176 cm³/mol. The Bertz CT molecular complexity index is 1620. The van der Waals surface area contributed by atoms with E-state index in [4.69, 9.17) is 16.6 Å². The van der Waals surface area contributed by atoms with Crippen LogP contribution in [0.25, 0.3) is 21.1 Å². The number of benzene rings is 3. The molecule has 1 atom stereocenters. The first kappa shape index (κ1) is 28.9. The number of thiophene rings is 1. The Hall–Kier alpha value is -3.19. The van der Waals surface area contributed by atoms with E-state index in [1.807, 2.05) is 47.4 Å². The predicted octanol–water partition coefficient (Wildman–Crippen LogP) is 9.03. The molecule has 6 rings (SSSR count). The van der Waals surface area contributed by atoms with Crippen molar-refractivity contribution in [2.45, 2.75) is 64.5 Å². The first-order valence-electron chi connectivity index (χ1n) is 15.3. The van der Waals surface area contributed by atoms with E-state index < -0.39 is 0 Å². The van der Waals surface area contributed by atoms with E-state index in [1.165, 1.54) is 48.1 Å². The van der Waals surface area contributed by atoms with Gasteiger partial charge in [-0.2, -0.15) is 0 Å². The Morgan fingerprint density at radius 3 is 2.45 bits per heavy atom. The Balaban J connectivity index is 1.41. The summed E-state index contributed by atoms with van der Waals surface area (Å²) < 4.78 is 1.03. The van der Waals surface area contributed by atoms with Crippen molar-refractivity contribution < 1.29 is 4.79 Å². The molecule has 0 bridgehead atoms. The molecule has 3 aromatic carbocycles. The summed E-state index contributed by atoms with van der Waals surface area (Å²) in [6.45, 7) is 6.03. The third kappa shape index (κ3) is 6.26. The van der Waals surface area contributed by atoms with Gasteiger partial charge >= 0.3 is 0 Å². The zero-order valence-electron chi connectivity index (χ0n) is 24.3. The molecule has 1 N–H and O–H groups in total. The lowest BCUT2D eigenvalue weighted by Crippen LogP contribution is -2.37. The van der Waals surface area contributed by atoms with E-state index in [1.54, 1.807) is 0 Å². The highest BCUT2D eigenvalue weighted by Gasteiger charge is 2.32. The number of likely N-dealkylation sites (tertiary alicyclic amines) is 1. The average molecular weight is 599 g/mol. The normalized spacial score (nSPS) is 15.2. The van der Waals surface area contributed by atoms with Gasteiger partial charge in [-0.1, -0.05) is 92.4 Å². The van der Waals surface area contributed by atoms with E-state index in [2.05, 4.69) is 47.1 Å². The summed E-state index contributed by atoms with van der Waals surface area (Å²) in [4.78, 5) is 28.4. The zero-order chi connectivity index (χ0) is 28.9. The Kier molecular flexibility index (Phi) is 9.23. The van der Waals surface area contributed by atoms with Gasteiger partial charge in [0.2, 0.25) is 0 Å². The summed E-state index contributed by atoms with van der Waals surface area (Å²) in [7, 11) is 0. The summed E-state index contributed by atoms with van der Waals surface area (Å²) >= 11 is 8.37. The lowest BCUT2D eigenvalue weighted by atomic mass is 9.97. The van der Waals surface area contributed by atoms with Gasteiger partial charge in [-0.05, 0) is 61.7 Å². The Morgan fingerprint density at radius 1 is 0.976 bits per heavy atom. The summed E-state index contributed by atoms with van der Waals surface area (Å²) in [5.41, 5.74) is 4.50. The van der Waals surface area contributed by atoms with Gasteiger partial charge in [-0.15, -0.1) is 11.3 Å². The number of hydrogen-bond acceptors (Lipinski definition) is 4. The lowest BCUT2D eigenvalue weighted by Gasteiger charge is -2.31. The van der Waals surface area contributed by atoms with E-state index in [9.17, 15) is 4.79 Å². The number of fused-ring (bicyclic) bond motifs is 2. The smallest absolute Gasteiger partial charge is 0.266 e. The number of aromatic amines is 1. The third-order valence-electron chi connectivity index (χ3n) is 8.47. The second-order valence-electron chi connectivity index (χ2n) is 11.4. The molecule has 0 radical (unpaired) electrons. The maximum Gasteiger partial charge on any atom is 0.266 e. The van der Waals surface area contributed by atoms with Crippen molar-refractivity contribution in [3.05, 3.63) is 99.6 Å². The molecule has 1 unspecified atom stereocenters. The zero-order valence-corrected chi connectivity index (χ0v) is 25.9. The molecular weight excluding hydrogens is 560 g/mol. The molecule has 5 aromatic rings. The van der Waals surface area contributed by atoms with Crippen LogP contribution < -0.4 is 0 Å². The van der Waals surface area contributed by atoms with Crippen LogP contribution in [0.15, 0.2) is 72.8 Å². The van der Waals surface area contributed by atoms with Crippen molar-refractivity contribution in [2.24, 2.45) is 0 Å². The van der Waals surface area contributed by atoms with E-state index >= 15 is 0 Å². The number of amides is 1. The van der Waals surface area contributed by atoms with Crippen molar-refractivity contribution in [3.63, 3.8) is 0 Å². The summed E-state index contributed by atoms with van der Waals surface area (Å²) in [5.74, 6) is 0.799. The van der Waals surface area contributed by atoms with Gasteiger partial charge in [0.1, 0.15) is 10.7 Å². The van der Waals surface area contributed by atoms with Gasteiger partial charge in [-0.25, -0.2) is 4.98 Å². The SMILES string of the molecule is CCCCN(C(=O)c1sc2ccccc2c1Cl)C(Cc1ccccc1CN1CCCCCC1)c1nc2ccccc2[nH]1. The number of H-pyrrole nitrogens is 1. The fraction of sp³-hybridized carbons (Fsp3) is 0.371. The van der Waals surface area contributed by atoms with Crippen molar-refractivity contribution >= 4 is 50.0 Å². The number of nitrogens with zero attached hydrogens (tertiary/aromatic N) is 3. The van der Waals surface area contributed by atoms with Gasteiger partial charge in [0.15, 0.2) is 0 Å². The first-order chi connectivity index (χ1) is 20.6. The maximum atomic E-state index is 14.5. The quantitative estimate of drug-likeness (QED) is 0.174. The molecule has 1 aliphatic rings. The molecule has 0 aliphatic carbocycles. The summed E-state index contributed by atoms with van der Waals surface area (Å²) in [6, 6.07) is 24.6. The molecule has 2 aromatic heterocycles. The van der Waals surface area contributed by atoms with Gasteiger partial charge in [-0.3, -0.25) is 9.69 Å². The standard InChI is InChI=1S/C35H39ClN4OS/c1-2-3-22-40(35(41)33-32(36)27-16-8-11-19-31(27)42-33)30(34-37-28-17-9-10-18-29(28)38-34)23-25-14-6-7-15-26(25)24-39-20-12-4-5-13-21-39/h6-11,14-19,30H,2-5,12-13,20-24H2,1H3,(H,37,38). The minimum atomic E-state index is -0.261. The van der Waals surface area contributed by atoms with Crippen LogP contribution in [0.5, 0.6) is 0 Å². The molecule has 0 saturated carbocycles. The van der Waals surface area contributed by atoms with Crippen LogP contribution >= 0.6 is 22.9 Å². The summed E-state index contributed by atoms with van der Waals surface area (Å²) in [6.07, 6.45) is 7.74. The molecule has 218 valence electrons. The minimum absolute atomic E-state index is 0.0231. The molecule has 7 heteroatoms. The van der Waals surface area contributed by atoms with Gasteiger partial charge in [0, 0.05) is 29.6 Å². The molecule has 0 spiro atoms. The molecule has 3 heterocycles. The van der Waals surface area contributed by atoms with E-state index in [-0.39, 0.29) is 11.9 Å². The number of rotatable bonds is 10. The van der Waals surface area contributed by atoms with Crippen LogP contribution in [-0.2, 0) is 13.0 Å². The fourth-order valence-corrected chi connectivity index (χ4v) is 7.62. The maximum absolute atomic E-state index is 14.5. The monoisotopic (exact) mass is 598 g/mol. The Morgan fingerprint density at radius 2 is 1.69 bits per heavy atom. The molecule has 1 saturated heterocycles. The van der Waals surface area contributed by atoms with Crippen LogP contribution in [0.3, 0.4) is 0 Å². The van der Waals surface area contributed by atoms with Crippen LogP contribution in [0.2, 0.25) is 5.02 Å². The molecule has 5 nitrogen and oxygen atoms in total. The number of nitrogens with one attached hydrogen (secondary N) is 1. The highest BCUT2D eigenvalue weighted by Crippen LogP contribution is 2.38. The third-order valence-corrected chi connectivity index (χ3v) is 10.1. The highest BCUT2D eigenvalue weighted by atomic mass is 35.5. The van der Waals surface area contributed by atoms with Gasteiger partial charge < -0.3 is 9.88 Å². The number of aromatic nitrogens is 2. The number of para-hydroxylation sites is 2. The Labute approximate surface area is 257 Å². The van der Waals surface area contributed by atoms with E-state index in [0.29, 0.717) is 22.9 Å². The number of carbonyl (C=O) groups excluding carboxylic acids is 1. The van der Waals surface area contributed by atoms with Crippen LogP contribution in [-0.4, -0.2) is 45.3 Å². The number of unbranched alkanes of at least 4 members (excludes halogenated alkanes) is 1. The number of hydrogen-bond donors (Lipinski definition) is 1. The minimum Gasteiger partial charge on any atom is -0.340 e. The number of imidazole rings is 1. The highest BCUT2D eigenvalue weighted by molar-refractivity contribution is 7.21. The number of halogens is 1. The molecule has 1 fully saturated rings. The molecular formula is C35H39ClN4OS. The fourth-order valence-electron chi connectivity index (χ4n) is 6.15. The van der Waals surface area contributed by atoms with Crippen LogP contribution in [0, 0.1) is 0 Å². The van der Waals surface area contributed by atoms with Crippen molar-refractivity contribution in [2.75, 3.05) is 19.6 Å². The second-order valence-corrected chi connectivity index (χ2v) is 12.8. The topological polar surface area (TPSA) is 52.2 Å². The molecule has 42 heavy (non-hydrogen) atoms. The van der Waals surface area contributed by atoms with Gasteiger partial charge in [0.25, 0.3) is 5.91 Å². The van der Waals surface area contributed by atoms with E-state index in [0.717, 1.165) is 59.4 Å². The van der Waals surface area contributed by atoms with Crippen molar-refractivity contribution in [3.8, 4) is 0 Å².